The first-order valence-corrected chi connectivity index (χ1v) is 5.73. The summed E-state index contributed by atoms with van der Waals surface area (Å²) in [5.74, 6) is 0.299. The second-order valence-electron chi connectivity index (χ2n) is 4.87. The molecule has 0 aromatic heterocycles. The van der Waals surface area contributed by atoms with Crippen LogP contribution in [0, 0.1) is 0 Å². The van der Waals surface area contributed by atoms with Gasteiger partial charge in [-0.25, -0.2) is 0 Å². The number of nitrogens with zero attached hydrogens (tertiary/aromatic N) is 1. The molecule has 2 rings (SSSR count). The summed E-state index contributed by atoms with van der Waals surface area (Å²) in [5, 5.41) is 3.40. The molecule has 1 atom stereocenters. The lowest BCUT2D eigenvalue weighted by Gasteiger charge is -2.22. The number of benzene rings is 1. The number of hydrogen-bond acceptors (Lipinski definition) is 3. The van der Waals surface area contributed by atoms with Crippen molar-refractivity contribution in [1.29, 1.82) is 0 Å². The highest BCUT2D eigenvalue weighted by molar-refractivity contribution is 5.47. The Morgan fingerprint density at radius 2 is 1.81 bits per heavy atom. The molecule has 1 fully saturated rings. The molecule has 0 amide bonds. The molecule has 1 aliphatic rings. The zero-order chi connectivity index (χ0) is 11.8. The van der Waals surface area contributed by atoms with Gasteiger partial charge in [0.25, 0.3) is 0 Å². The van der Waals surface area contributed by atoms with Crippen LogP contribution in [-0.4, -0.2) is 31.5 Å². The molecule has 1 aromatic rings. The number of ether oxygens (including phenoxy) is 1. The number of nitrogens with one attached hydrogen (secondary N) is 1. The number of epoxide rings is 1. The van der Waals surface area contributed by atoms with E-state index in [1.807, 2.05) is 14.1 Å². The third-order valence-electron chi connectivity index (χ3n) is 3.06. The van der Waals surface area contributed by atoms with E-state index < -0.39 is 0 Å². The van der Waals surface area contributed by atoms with Crippen LogP contribution in [0.4, 0.5) is 5.69 Å². The Bertz CT molecular complexity index is 353. The maximum Gasteiger partial charge on any atom is 0.222 e. The van der Waals surface area contributed by atoms with Crippen molar-refractivity contribution < 1.29 is 4.74 Å². The predicted octanol–water partition coefficient (Wildman–Crippen LogP) is 2.47. The first-order valence-electron chi connectivity index (χ1n) is 5.73. The van der Waals surface area contributed by atoms with Crippen LogP contribution in [0.25, 0.3) is 0 Å². The average Bonchev–Trinajstić information content (AvgIpc) is 3.00. The summed E-state index contributed by atoms with van der Waals surface area (Å²) in [7, 11) is 4.03. The molecule has 1 unspecified atom stereocenters. The van der Waals surface area contributed by atoms with Gasteiger partial charge in [-0.2, -0.15) is 0 Å². The molecule has 0 radical (unpaired) electrons. The van der Waals surface area contributed by atoms with Crippen LogP contribution in [-0.2, 0) is 4.74 Å². The fraction of sp³-hybridized carbons (Fsp3) is 0.538. The summed E-state index contributed by atoms with van der Waals surface area (Å²) >= 11 is 0. The zero-order valence-corrected chi connectivity index (χ0v) is 10.4. The van der Waals surface area contributed by atoms with E-state index in [4.69, 9.17) is 4.74 Å². The van der Waals surface area contributed by atoms with Gasteiger partial charge in [0.1, 0.15) is 6.61 Å². The molecular formula is C13H20N2O. The maximum absolute atomic E-state index is 5.45. The van der Waals surface area contributed by atoms with Crippen LogP contribution < -0.4 is 5.32 Å². The molecule has 88 valence electrons. The Balaban J connectivity index is 2.06. The summed E-state index contributed by atoms with van der Waals surface area (Å²) in [5.41, 5.74) is 2.47. The summed E-state index contributed by atoms with van der Waals surface area (Å²) in [4.78, 5) is 2.06. The van der Waals surface area contributed by atoms with Gasteiger partial charge >= 0.3 is 0 Å². The highest BCUT2D eigenvalue weighted by Crippen LogP contribution is 2.31. The van der Waals surface area contributed by atoms with Gasteiger partial charge in [0.15, 0.2) is 0 Å². The molecular weight excluding hydrogens is 200 g/mol. The molecule has 3 nitrogen and oxygen atoms in total. The van der Waals surface area contributed by atoms with Crippen LogP contribution in [0.2, 0.25) is 0 Å². The molecule has 1 aromatic carbocycles. The highest BCUT2D eigenvalue weighted by Gasteiger charge is 2.47. The molecule has 0 bridgehead atoms. The van der Waals surface area contributed by atoms with E-state index in [-0.39, 0.29) is 5.85 Å². The molecule has 1 N–H and O–H groups in total. The minimum Gasteiger partial charge on any atom is -0.343 e. The lowest BCUT2D eigenvalue weighted by Crippen LogP contribution is -2.39. The number of likely N-dealkylation sites (N-methyl/N-ethyl adjacent to an activating group) is 1. The normalized spacial score (nSPS) is 23.9. The van der Waals surface area contributed by atoms with Crippen LogP contribution >= 0.6 is 0 Å². The van der Waals surface area contributed by atoms with E-state index in [1.54, 1.807) is 0 Å². The monoisotopic (exact) mass is 220 g/mol. The molecule has 0 spiro atoms. The van der Waals surface area contributed by atoms with Crippen molar-refractivity contribution in [2.45, 2.75) is 25.6 Å². The van der Waals surface area contributed by atoms with Gasteiger partial charge in [-0.05, 0) is 37.7 Å². The van der Waals surface area contributed by atoms with Gasteiger partial charge in [0.2, 0.25) is 5.85 Å². The predicted molar refractivity (Wildman–Crippen MR) is 66.5 cm³/mol. The van der Waals surface area contributed by atoms with E-state index >= 15 is 0 Å². The second-order valence-corrected chi connectivity index (χ2v) is 4.87. The van der Waals surface area contributed by atoms with Crippen molar-refractivity contribution in [1.82, 2.24) is 4.90 Å². The smallest absolute Gasteiger partial charge is 0.222 e. The maximum atomic E-state index is 5.45. The fourth-order valence-corrected chi connectivity index (χ4v) is 1.69. The van der Waals surface area contributed by atoms with Crippen molar-refractivity contribution in [3.8, 4) is 0 Å². The first-order chi connectivity index (χ1) is 7.53. The van der Waals surface area contributed by atoms with Gasteiger partial charge in [0.05, 0.1) is 0 Å². The van der Waals surface area contributed by atoms with Gasteiger partial charge in [0, 0.05) is 5.69 Å². The standard InChI is InChI=1S/C13H20N2O/c1-10(2)11-5-7-12(8-6-11)14-13(9-16-13)15(3)4/h5-8,10,14H,9H2,1-4H3. The topological polar surface area (TPSA) is 27.8 Å². The number of hydrogen-bond donors (Lipinski definition) is 1. The van der Waals surface area contributed by atoms with E-state index in [9.17, 15) is 0 Å². The Morgan fingerprint density at radius 1 is 1.25 bits per heavy atom. The first kappa shape index (κ1) is 11.4. The van der Waals surface area contributed by atoms with E-state index in [0.29, 0.717) is 5.92 Å². The molecule has 0 aliphatic carbocycles. The number of rotatable bonds is 4. The Labute approximate surface area is 97.4 Å². The van der Waals surface area contributed by atoms with Crippen molar-refractivity contribution >= 4 is 5.69 Å². The van der Waals surface area contributed by atoms with Crippen molar-refractivity contribution in [3.05, 3.63) is 29.8 Å². The summed E-state index contributed by atoms with van der Waals surface area (Å²) < 4.78 is 5.45. The molecule has 3 heteroatoms. The third-order valence-corrected chi connectivity index (χ3v) is 3.06. The fourth-order valence-electron chi connectivity index (χ4n) is 1.69. The van der Waals surface area contributed by atoms with Gasteiger partial charge in [-0.15, -0.1) is 0 Å². The van der Waals surface area contributed by atoms with E-state index in [2.05, 4.69) is 48.3 Å². The lowest BCUT2D eigenvalue weighted by molar-refractivity contribution is 0.159. The van der Waals surface area contributed by atoms with Crippen LogP contribution in [0.15, 0.2) is 24.3 Å². The van der Waals surface area contributed by atoms with Crippen LogP contribution in [0.5, 0.6) is 0 Å². The minimum atomic E-state index is -0.278. The number of anilines is 1. The quantitative estimate of drug-likeness (QED) is 0.624. The van der Waals surface area contributed by atoms with Gasteiger partial charge in [-0.3, -0.25) is 4.90 Å². The molecule has 1 aliphatic heterocycles. The molecule has 1 saturated heterocycles. The largest absolute Gasteiger partial charge is 0.343 e. The molecule has 1 heterocycles. The lowest BCUT2D eigenvalue weighted by atomic mass is 10.0. The summed E-state index contributed by atoms with van der Waals surface area (Å²) in [6, 6.07) is 8.56. The van der Waals surface area contributed by atoms with E-state index in [0.717, 1.165) is 12.3 Å². The SMILES string of the molecule is CC(C)c1ccc(NC2(N(C)C)CO2)cc1. The Hall–Kier alpha value is -1.06. The zero-order valence-electron chi connectivity index (χ0n) is 10.4. The summed E-state index contributed by atoms with van der Waals surface area (Å²) in [6.45, 7) is 5.15. The van der Waals surface area contributed by atoms with Gasteiger partial charge in [-0.1, -0.05) is 26.0 Å². The Morgan fingerprint density at radius 3 is 2.19 bits per heavy atom. The highest BCUT2D eigenvalue weighted by atomic mass is 16.6. The van der Waals surface area contributed by atoms with E-state index in [1.165, 1.54) is 5.56 Å². The third kappa shape index (κ3) is 2.20. The van der Waals surface area contributed by atoms with Crippen molar-refractivity contribution in [2.75, 3.05) is 26.0 Å². The van der Waals surface area contributed by atoms with Crippen molar-refractivity contribution in [3.63, 3.8) is 0 Å². The second kappa shape index (κ2) is 4.07. The average molecular weight is 220 g/mol. The van der Waals surface area contributed by atoms with Gasteiger partial charge < -0.3 is 10.1 Å². The molecule has 0 saturated carbocycles. The van der Waals surface area contributed by atoms with Crippen LogP contribution in [0.3, 0.4) is 0 Å². The minimum absolute atomic E-state index is 0.278. The molecule has 16 heavy (non-hydrogen) atoms. The Kier molecular flexibility index (Phi) is 2.91. The van der Waals surface area contributed by atoms with Crippen molar-refractivity contribution in [2.24, 2.45) is 0 Å². The summed E-state index contributed by atoms with van der Waals surface area (Å²) in [6.07, 6.45) is 0. The van der Waals surface area contributed by atoms with Crippen LogP contribution in [0.1, 0.15) is 25.3 Å².